The first-order valence-corrected chi connectivity index (χ1v) is 8.01. The number of piperazine rings is 1. The molecule has 22 heavy (non-hydrogen) atoms. The number of carbonyl (C=O) groups excluding carboxylic acids is 1. The predicted octanol–water partition coefficient (Wildman–Crippen LogP) is 2.85. The van der Waals surface area contributed by atoms with Gasteiger partial charge >= 0.3 is 0 Å². The van der Waals surface area contributed by atoms with E-state index in [0.717, 1.165) is 18.9 Å². The molecule has 5 nitrogen and oxygen atoms in total. The van der Waals surface area contributed by atoms with Gasteiger partial charge in [0.2, 0.25) is 0 Å². The summed E-state index contributed by atoms with van der Waals surface area (Å²) in [5, 5.41) is 1.20. The van der Waals surface area contributed by atoms with Crippen LogP contribution >= 0.6 is 11.5 Å². The molecule has 0 radical (unpaired) electrons. The van der Waals surface area contributed by atoms with Crippen molar-refractivity contribution in [3.63, 3.8) is 0 Å². The number of anilines is 1. The minimum atomic E-state index is 0.0385. The summed E-state index contributed by atoms with van der Waals surface area (Å²) in [4.78, 5) is 16.4. The molecule has 0 unspecified atom stereocenters. The summed E-state index contributed by atoms with van der Waals surface area (Å²) in [6, 6.07) is 9.99. The summed E-state index contributed by atoms with van der Waals surface area (Å²) in [5.74, 6) is 1.08. The maximum absolute atomic E-state index is 12.3. The van der Waals surface area contributed by atoms with Gasteiger partial charge in [-0.2, -0.15) is 4.37 Å². The fourth-order valence-corrected chi connectivity index (χ4v) is 3.59. The first-order valence-electron chi connectivity index (χ1n) is 7.24. The number of hydrogen-bond acceptors (Lipinski definition) is 5. The van der Waals surface area contributed by atoms with Crippen LogP contribution in [0, 0.1) is 0 Å². The zero-order valence-electron chi connectivity index (χ0n) is 11.9. The summed E-state index contributed by atoms with van der Waals surface area (Å²) < 4.78 is 10.8. The topological polar surface area (TPSA) is 49.6 Å². The van der Waals surface area contributed by atoms with E-state index in [1.54, 1.807) is 6.07 Å². The molecular weight excluding hydrogens is 298 g/mol. The first-order chi connectivity index (χ1) is 10.8. The third-order valence-corrected chi connectivity index (χ3v) is 4.81. The largest absolute Gasteiger partial charge is 0.472 e. The van der Waals surface area contributed by atoms with E-state index < -0.39 is 0 Å². The van der Waals surface area contributed by atoms with E-state index in [2.05, 4.69) is 21.4 Å². The average molecular weight is 313 g/mol. The molecule has 1 aromatic carbocycles. The van der Waals surface area contributed by atoms with E-state index in [0.29, 0.717) is 18.7 Å². The van der Waals surface area contributed by atoms with Gasteiger partial charge in [-0.25, -0.2) is 0 Å². The molecule has 4 rings (SSSR count). The Balaban J connectivity index is 1.49. The fraction of sp³-hybridized carbons (Fsp3) is 0.250. The van der Waals surface area contributed by atoms with Gasteiger partial charge in [0, 0.05) is 31.6 Å². The number of rotatable bonds is 2. The predicted molar refractivity (Wildman–Crippen MR) is 86.4 cm³/mol. The average Bonchev–Trinajstić information content (AvgIpc) is 3.24. The van der Waals surface area contributed by atoms with Crippen molar-refractivity contribution < 1.29 is 9.21 Å². The van der Waals surface area contributed by atoms with Crippen molar-refractivity contribution in [1.82, 2.24) is 9.27 Å². The summed E-state index contributed by atoms with van der Waals surface area (Å²) in [5.41, 5.74) is 0.618. The number of aromatic nitrogens is 1. The van der Waals surface area contributed by atoms with Crippen molar-refractivity contribution in [3.8, 4) is 0 Å². The van der Waals surface area contributed by atoms with E-state index in [1.165, 1.54) is 34.1 Å². The van der Waals surface area contributed by atoms with Crippen LogP contribution in [0.15, 0.2) is 47.3 Å². The number of furan rings is 1. The van der Waals surface area contributed by atoms with Crippen LogP contribution in [-0.4, -0.2) is 41.4 Å². The Kier molecular flexibility index (Phi) is 3.31. The molecule has 6 heteroatoms. The maximum atomic E-state index is 12.3. The van der Waals surface area contributed by atoms with Crippen LogP contribution in [-0.2, 0) is 0 Å². The van der Waals surface area contributed by atoms with E-state index >= 15 is 0 Å². The highest BCUT2D eigenvalue weighted by atomic mass is 32.1. The van der Waals surface area contributed by atoms with Gasteiger partial charge in [0.05, 0.1) is 16.5 Å². The molecule has 3 aromatic rings. The zero-order valence-corrected chi connectivity index (χ0v) is 12.8. The van der Waals surface area contributed by atoms with E-state index in [1.807, 2.05) is 17.0 Å². The standard InChI is InChI=1S/C16H15N3O2S/c20-16(12-5-10-21-11-12)19-8-6-18(7-9-19)15-13-3-1-2-4-14(13)22-17-15/h1-5,10-11H,6-9H2. The number of benzene rings is 1. The molecule has 112 valence electrons. The third kappa shape index (κ3) is 2.25. The van der Waals surface area contributed by atoms with Crippen LogP contribution in [0.1, 0.15) is 10.4 Å². The van der Waals surface area contributed by atoms with E-state index in [9.17, 15) is 4.79 Å². The van der Waals surface area contributed by atoms with Crippen LogP contribution in [0.5, 0.6) is 0 Å². The number of fused-ring (bicyclic) bond motifs is 1. The van der Waals surface area contributed by atoms with E-state index in [-0.39, 0.29) is 5.91 Å². The molecule has 0 saturated carbocycles. The zero-order chi connectivity index (χ0) is 14.9. The monoisotopic (exact) mass is 313 g/mol. The minimum Gasteiger partial charge on any atom is -0.472 e. The number of carbonyl (C=O) groups is 1. The molecule has 0 aliphatic carbocycles. The minimum absolute atomic E-state index is 0.0385. The highest BCUT2D eigenvalue weighted by molar-refractivity contribution is 7.13. The van der Waals surface area contributed by atoms with Gasteiger partial charge in [-0.05, 0) is 29.7 Å². The van der Waals surface area contributed by atoms with Crippen LogP contribution < -0.4 is 4.90 Å². The second kappa shape index (κ2) is 5.46. The molecule has 0 atom stereocenters. The fourth-order valence-electron chi connectivity index (χ4n) is 2.79. The lowest BCUT2D eigenvalue weighted by Crippen LogP contribution is -2.48. The SMILES string of the molecule is O=C(c1ccoc1)N1CCN(c2nsc3ccccc23)CC1. The van der Waals surface area contributed by atoms with Crippen LogP contribution in [0.3, 0.4) is 0 Å². The summed E-state index contributed by atoms with van der Waals surface area (Å²) in [6.45, 7) is 3.01. The maximum Gasteiger partial charge on any atom is 0.257 e. The van der Waals surface area contributed by atoms with Gasteiger partial charge in [0.25, 0.3) is 5.91 Å². The van der Waals surface area contributed by atoms with Crippen molar-refractivity contribution >= 4 is 33.3 Å². The Morgan fingerprint density at radius 3 is 2.73 bits per heavy atom. The highest BCUT2D eigenvalue weighted by Gasteiger charge is 2.24. The number of hydrogen-bond donors (Lipinski definition) is 0. The Labute approximate surface area is 131 Å². The Bertz CT molecular complexity index is 789. The molecule has 1 saturated heterocycles. The van der Waals surface area contributed by atoms with Crippen molar-refractivity contribution in [1.29, 1.82) is 0 Å². The lowest BCUT2D eigenvalue weighted by atomic mass is 10.2. The van der Waals surface area contributed by atoms with E-state index in [4.69, 9.17) is 4.42 Å². The molecule has 0 spiro atoms. The molecule has 0 N–H and O–H groups in total. The molecule has 1 amide bonds. The van der Waals surface area contributed by atoms with Crippen LogP contribution in [0.2, 0.25) is 0 Å². The number of amides is 1. The van der Waals surface area contributed by atoms with Crippen LogP contribution in [0.4, 0.5) is 5.82 Å². The summed E-state index contributed by atoms with van der Waals surface area (Å²) in [6.07, 6.45) is 3.04. The van der Waals surface area contributed by atoms with Gasteiger partial charge in [0.1, 0.15) is 12.1 Å². The molecule has 1 fully saturated rings. The normalized spacial score (nSPS) is 15.5. The van der Waals surface area contributed by atoms with Gasteiger partial charge in [-0.3, -0.25) is 4.79 Å². The molecule has 0 bridgehead atoms. The molecule has 2 aromatic heterocycles. The highest BCUT2D eigenvalue weighted by Crippen LogP contribution is 2.29. The van der Waals surface area contributed by atoms with Gasteiger partial charge in [-0.15, -0.1) is 0 Å². The first kappa shape index (κ1) is 13.3. The quantitative estimate of drug-likeness (QED) is 0.730. The van der Waals surface area contributed by atoms with Crippen molar-refractivity contribution in [3.05, 3.63) is 48.4 Å². The Morgan fingerprint density at radius 1 is 1.14 bits per heavy atom. The van der Waals surface area contributed by atoms with Gasteiger partial charge < -0.3 is 14.2 Å². The van der Waals surface area contributed by atoms with Crippen LogP contribution in [0.25, 0.3) is 10.1 Å². The summed E-state index contributed by atoms with van der Waals surface area (Å²) in [7, 11) is 0. The number of nitrogens with zero attached hydrogens (tertiary/aromatic N) is 3. The van der Waals surface area contributed by atoms with Crippen molar-refractivity contribution in [2.24, 2.45) is 0 Å². The van der Waals surface area contributed by atoms with Gasteiger partial charge in [-0.1, -0.05) is 12.1 Å². The molecule has 1 aliphatic heterocycles. The third-order valence-electron chi connectivity index (χ3n) is 3.99. The van der Waals surface area contributed by atoms with Crippen molar-refractivity contribution in [2.45, 2.75) is 0 Å². The van der Waals surface area contributed by atoms with Gasteiger partial charge in [0.15, 0.2) is 0 Å². The second-order valence-corrected chi connectivity index (χ2v) is 6.10. The lowest BCUT2D eigenvalue weighted by Gasteiger charge is -2.34. The Morgan fingerprint density at radius 2 is 1.95 bits per heavy atom. The Hall–Kier alpha value is -2.34. The molecular formula is C16H15N3O2S. The smallest absolute Gasteiger partial charge is 0.257 e. The second-order valence-electron chi connectivity index (χ2n) is 5.29. The molecule has 3 heterocycles. The van der Waals surface area contributed by atoms with Crippen molar-refractivity contribution in [2.75, 3.05) is 31.1 Å². The summed E-state index contributed by atoms with van der Waals surface area (Å²) >= 11 is 1.53. The lowest BCUT2D eigenvalue weighted by molar-refractivity contribution is 0.0746. The molecule has 1 aliphatic rings.